The zero-order chi connectivity index (χ0) is 26.6. The number of hydrogen-bond acceptors (Lipinski definition) is 5. The monoisotopic (exact) mass is 535 g/mol. The number of fused-ring (bicyclic) bond motifs is 1. The molecule has 4 rings (SSSR count). The summed E-state index contributed by atoms with van der Waals surface area (Å²) in [6.45, 7) is 5.33. The predicted molar refractivity (Wildman–Crippen MR) is 148 cm³/mol. The number of benzene rings is 3. The number of sulfonamides is 1. The maximum absolute atomic E-state index is 13.5. The van der Waals surface area contributed by atoms with E-state index < -0.39 is 27.5 Å². The van der Waals surface area contributed by atoms with Gasteiger partial charge in [0.05, 0.1) is 4.90 Å². The molecule has 37 heavy (non-hydrogen) atoms. The molecule has 1 atom stereocenters. The van der Waals surface area contributed by atoms with Crippen LogP contribution in [0.1, 0.15) is 36.0 Å². The van der Waals surface area contributed by atoms with Gasteiger partial charge in [0.25, 0.3) is 5.91 Å². The van der Waals surface area contributed by atoms with Gasteiger partial charge in [-0.15, -0.1) is 11.3 Å². The van der Waals surface area contributed by atoms with Gasteiger partial charge in [-0.2, -0.15) is 0 Å². The zero-order valence-electron chi connectivity index (χ0n) is 20.8. The van der Waals surface area contributed by atoms with Gasteiger partial charge in [-0.1, -0.05) is 48.5 Å². The maximum atomic E-state index is 13.5. The number of amides is 2. The Hall–Kier alpha value is -3.53. The van der Waals surface area contributed by atoms with Gasteiger partial charge in [0.15, 0.2) is 0 Å². The van der Waals surface area contributed by atoms with Gasteiger partial charge >= 0.3 is 0 Å². The lowest BCUT2D eigenvalue weighted by Gasteiger charge is -2.22. The van der Waals surface area contributed by atoms with Crippen molar-refractivity contribution in [3.8, 4) is 0 Å². The van der Waals surface area contributed by atoms with E-state index in [-0.39, 0.29) is 10.8 Å². The first kappa shape index (κ1) is 26.5. The molecule has 1 aromatic heterocycles. The molecule has 192 valence electrons. The molecule has 2 amide bonds. The Labute approximate surface area is 221 Å². The van der Waals surface area contributed by atoms with Gasteiger partial charge in [-0.05, 0) is 56.5 Å². The van der Waals surface area contributed by atoms with Crippen LogP contribution >= 0.6 is 11.3 Å². The summed E-state index contributed by atoms with van der Waals surface area (Å²) in [5.74, 6) is -0.747. The second-order valence-corrected chi connectivity index (χ2v) is 12.4. The van der Waals surface area contributed by atoms with E-state index in [1.165, 1.54) is 11.3 Å². The highest BCUT2D eigenvalue weighted by molar-refractivity contribution is 7.89. The highest BCUT2D eigenvalue weighted by atomic mass is 32.2. The van der Waals surface area contributed by atoms with Crippen LogP contribution in [0.25, 0.3) is 10.8 Å². The highest BCUT2D eigenvalue weighted by Crippen LogP contribution is 2.29. The van der Waals surface area contributed by atoms with E-state index in [0.717, 1.165) is 4.88 Å². The fraction of sp³-hybridized carbons (Fsp3) is 0.214. The first-order valence-corrected chi connectivity index (χ1v) is 14.1. The third-order valence-corrected chi connectivity index (χ3v) is 8.23. The summed E-state index contributed by atoms with van der Waals surface area (Å²) in [6.07, 6.45) is 0.321. The van der Waals surface area contributed by atoms with Crippen molar-refractivity contribution in [2.45, 2.75) is 43.7 Å². The number of carbonyl (C=O) groups excluding carboxylic acids is 2. The minimum Gasteiger partial charge on any atom is -0.340 e. The molecule has 3 aromatic carbocycles. The number of rotatable bonds is 8. The molecular formula is C28H29N3O4S2. The third kappa shape index (κ3) is 6.62. The molecule has 0 aliphatic carbocycles. The van der Waals surface area contributed by atoms with E-state index in [1.807, 2.05) is 23.6 Å². The Morgan fingerprint density at radius 1 is 0.865 bits per heavy atom. The molecule has 0 aliphatic rings. The SMILES string of the molecule is CC(C)(C)NS(=O)(=O)c1cccc2c(NC(=O)C(Cc3cccs3)NC(=O)c3ccccc3)cccc12. The number of hydrogen-bond donors (Lipinski definition) is 3. The predicted octanol–water partition coefficient (Wildman–Crippen LogP) is 4.96. The van der Waals surface area contributed by atoms with E-state index in [4.69, 9.17) is 0 Å². The van der Waals surface area contributed by atoms with Crippen molar-refractivity contribution in [2.24, 2.45) is 0 Å². The second-order valence-electron chi connectivity index (χ2n) is 9.68. The highest BCUT2D eigenvalue weighted by Gasteiger charge is 2.26. The van der Waals surface area contributed by atoms with E-state index in [1.54, 1.807) is 81.4 Å². The first-order chi connectivity index (χ1) is 17.5. The normalized spacial score (nSPS) is 12.7. The van der Waals surface area contributed by atoms with E-state index in [2.05, 4.69) is 15.4 Å². The lowest BCUT2D eigenvalue weighted by molar-refractivity contribution is -0.117. The van der Waals surface area contributed by atoms with Gasteiger partial charge in [0.2, 0.25) is 15.9 Å². The number of thiophene rings is 1. The van der Waals surface area contributed by atoms with Crippen molar-refractivity contribution < 1.29 is 18.0 Å². The van der Waals surface area contributed by atoms with Crippen molar-refractivity contribution in [1.82, 2.24) is 10.0 Å². The molecule has 0 fully saturated rings. The number of anilines is 1. The molecule has 0 saturated heterocycles. The quantitative estimate of drug-likeness (QED) is 0.297. The summed E-state index contributed by atoms with van der Waals surface area (Å²) >= 11 is 1.50. The van der Waals surface area contributed by atoms with Crippen molar-refractivity contribution in [3.05, 3.63) is 94.7 Å². The van der Waals surface area contributed by atoms with Gasteiger partial charge in [0.1, 0.15) is 6.04 Å². The summed E-state index contributed by atoms with van der Waals surface area (Å²) in [5, 5.41) is 8.75. The summed E-state index contributed by atoms with van der Waals surface area (Å²) in [5.41, 5.74) is 0.261. The largest absolute Gasteiger partial charge is 0.340 e. The van der Waals surface area contributed by atoms with Crippen LogP contribution in [-0.4, -0.2) is 31.8 Å². The molecule has 1 heterocycles. The minimum absolute atomic E-state index is 0.128. The van der Waals surface area contributed by atoms with Gasteiger partial charge < -0.3 is 10.6 Å². The van der Waals surface area contributed by atoms with Gasteiger partial charge in [-0.25, -0.2) is 13.1 Å². The standard InChI is InChI=1S/C28H29N3O4S2/c1-28(2,3)31-37(34,35)25-16-8-13-21-22(25)14-7-15-23(21)29-27(33)24(18-20-12-9-17-36-20)30-26(32)19-10-5-4-6-11-19/h4-17,24,31H,18H2,1-3H3,(H,29,33)(H,30,32). The van der Waals surface area contributed by atoms with E-state index >= 15 is 0 Å². The summed E-state index contributed by atoms with van der Waals surface area (Å²) in [7, 11) is -3.81. The van der Waals surface area contributed by atoms with Crippen LogP contribution in [0.4, 0.5) is 5.69 Å². The van der Waals surface area contributed by atoms with Crippen LogP contribution in [0, 0.1) is 0 Å². The minimum atomic E-state index is -3.81. The molecule has 3 N–H and O–H groups in total. The molecule has 0 radical (unpaired) electrons. The van der Waals surface area contributed by atoms with Crippen molar-refractivity contribution >= 4 is 49.6 Å². The third-order valence-electron chi connectivity index (χ3n) is 5.51. The van der Waals surface area contributed by atoms with Crippen LogP contribution in [0.15, 0.2) is 89.1 Å². The molecule has 1 unspecified atom stereocenters. The van der Waals surface area contributed by atoms with Crippen molar-refractivity contribution in [1.29, 1.82) is 0 Å². The Balaban J connectivity index is 1.65. The Morgan fingerprint density at radius 3 is 2.24 bits per heavy atom. The number of nitrogens with one attached hydrogen (secondary N) is 3. The van der Waals surface area contributed by atoms with Crippen LogP contribution < -0.4 is 15.4 Å². The summed E-state index contributed by atoms with van der Waals surface area (Å²) < 4.78 is 28.9. The average molecular weight is 536 g/mol. The second kappa shape index (κ2) is 10.8. The molecule has 7 nitrogen and oxygen atoms in total. The van der Waals surface area contributed by atoms with Crippen molar-refractivity contribution in [3.63, 3.8) is 0 Å². The molecule has 0 saturated carbocycles. The summed E-state index contributed by atoms with van der Waals surface area (Å²) in [6, 6.07) is 21.8. The van der Waals surface area contributed by atoms with Crippen LogP contribution in [-0.2, 0) is 21.2 Å². The lowest BCUT2D eigenvalue weighted by Crippen LogP contribution is -2.45. The van der Waals surface area contributed by atoms with Gasteiger partial charge in [-0.3, -0.25) is 9.59 Å². The summed E-state index contributed by atoms with van der Waals surface area (Å²) in [4.78, 5) is 27.4. The Morgan fingerprint density at radius 2 is 1.57 bits per heavy atom. The maximum Gasteiger partial charge on any atom is 0.251 e. The molecule has 9 heteroatoms. The van der Waals surface area contributed by atoms with E-state index in [0.29, 0.717) is 28.4 Å². The van der Waals surface area contributed by atoms with Gasteiger partial charge in [0, 0.05) is 38.9 Å². The molecule has 4 aromatic rings. The molecular weight excluding hydrogens is 506 g/mol. The van der Waals surface area contributed by atoms with E-state index in [9.17, 15) is 18.0 Å². The smallest absolute Gasteiger partial charge is 0.251 e. The fourth-order valence-corrected chi connectivity index (χ4v) is 6.37. The lowest BCUT2D eigenvalue weighted by atomic mass is 10.1. The van der Waals surface area contributed by atoms with Crippen molar-refractivity contribution in [2.75, 3.05) is 5.32 Å². The number of carbonyl (C=O) groups is 2. The Kier molecular flexibility index (Phi) is 7.77. The molecule has 0 bridgehead atoms. The first-order valence-electron chi connectivity index (χ1n) is 11.8. The fourth-order valence-electron chi connectivity index (χ4n) is 3.97. The topological polar surface area (TPSA) is 104 Å². The average Bonchev–Trinajstić information content (AvgIpc) is 3.35. The Bertz CT molecular complexity index is 1510. The van der Waals surface area contributed by atoms with Crippen LogP contribution in [0.3, 0.4) is 0 Å². The van der Waals surface area contributed by atoms with Crippen LogP contribution in [0.5, 0.6) is 0 Å². The molecule has 0 spiro atoms. The molecule has 0 aliphatic heterocycles. The van der Waals surface area contributed by atoms with Crippen LogP contribution in [0.2, 0.25) is 0 Å². The zero-order valence-corrected chi connectivity index (χ0v) is 22.4.